The van der Waals surface area contributed by atoms with Crippen molar-refractivity contribution < 1.29 is 14.0 Å². The fraction of sp³-hybridized carbons (Fsp3) is 0.125. The van der Waals surface area contributed by atoms with Gasteiger partial charge in [-0.25, -0.2) is 4.39 Å². The van der Waals surface area contributed by atoms with E-state index in [9.17, 15) is 14.0 Å². The molecular weight excluding hydrogens is 271 g/mol. The molecule has 0 radical (unpaired) electrons. The zero-order chi connectivity index (χ0) is 14.7. The van der Waals surface area contributed by atoms with Gasteiger partial charge in [-0.05, 0) is 37.3 Å². The Balaban J connectivity index is 1.95. The average molecular weight is 282 g/mol. The third-order valence-corrected chi connectivity index (χ3v) is 3.94. The molecule has 0 aromatic heterocycles. The Morgan fingerprint density at radius 3 is 2.71 bits per heavy atom. The van der Waals surface area contributed by atoms with Crippen molar-refractivity contribution in [3.05, 3.63) is 64.5 Å². The fourth-order valence-electron chi connectivity index (χ4n) is 2.98. The highest BCUT2D eigenvalue weighted by Gasteiger charge is 2.43. The summed E-state index contributed by atoms with van der Waals surface area (Å²) in [6.07, 6.45) is -0.633. The van der Waals surface area contributed by atoms with Crippen LogP contribution in [0.3, 0.4) is 0 Å². The zero-order valence-corrected chi connectivity index (χ0v) is 11.2. The molecule has 2 aromatic carbocycles. The van der Waals surface area contributed by atoms with Gasteiger partial charge in [-0.3, -0.25) is 14.5 Å². The van der Waals surface area contributed by atoms with Crippen LogP contribution < -0.4 is 10.2 Å². The van der Waals surface area contributed by atoms with Gasteiger partial charge in [0.2, 0.25) is 0 Å². The molecule has 2 heterocycles. The molecule has 1 unspecified atom stereocenters. The predicted octanol–water partition coefficient (Wildman–Crippen LogP) is 2.54. The van der Waals surface area contributed by atoms with Crippen LogP contribution in [0, 0.1) is 12.7 Å². The van der Waals surface area contributed by atoms with Crippen molar-refractivity contribution in [1.29, 1.82) is 0 Å². The molecule has 0 saturated carbocycles. The Labute approximate surface area is 120 Å². The maximum atomic E-state index is 13.5. The first-order valence-electron chi connectivity index (χ1n) is 6.61. The largest absolute Gasteiger partial charge is 0.327 e. The normalized spacial score (nSPS) is 19.0. The molecule has 4 rings (SSSR count). The molecule has 1 N–H and O–H groups in total. The lowest BCUT2D eigenvalue weighted by Crippen LogP contribution is -2.45. The molecule has 2 aromatic rings. The van der Waals surface area contributed by atoms with Crippen LogP contribution in [0.1, 0.15) is 38.0 Å². The third kappa shape index (κ3) is 1.54. The number of anilines is 1. The van der Waals surface area contributed by atoms with E-state index in [0.29, 0.717) is 22.4 Å². The van der Waals surface area contributed by atoms with Crippen LogP contribution in [0.15, 0.2) is 36.4 Å². The van der Waals surface area contributed by atoms with Gasteiger partial charge in [-0.15, -0.1) is 0 Å². The molecule has 5 heteroatoms. The van der Waals surface area contributed by atoms with E-state index in [-0.39, 0.29) is 11.8 Å². The first-order valence-corrected chi connectivity index (χ1v) is 6.61. The quantitative estimate of drug-likeness (QED) is 0.807. The Hall–Kier alpha value is -2.69. The number of aryl methyl sites for hydroxylation is 1. The molecular formula is C16H11FN2O2. The maximum Gasteiger partial charge on any atom is 0.260 e. The van der Waals surface area contributed by atoms with Crippen LogP contribution in [0.4, 0.5) is 10.1 Å². The molecule has 1 atom stereocenters. The van der Waals surface area contributed by atoms with Gasteiger partial charge in [0.15, 0.2) is 0 Å². The molecule has 0 bridgehead atoms. The Kier molecular flexibility index (Phi) is 2.25. The number of nitrogens with one attached hydrogen (secondary N) is 1. The number of nitrogens with zero attached hydrogens (tertiary/aromatic N) is 1. The summed E-state index contributed by atoms with van der Waals surface area (Å²) in [4.78, 5) is 26.3. The Morgan fingerprint density at radius 2 is 1.90 bits per heavy atom. The van der Waals surface area contributed by atoms with Crippen molar-refractivity contribution in [2.24, 2.45) is 0 Å². The number of carbonyl (C=O) groups is 2. The summed E-state index contributed by atoms with van der Waals surface area (Å²) in [7, 11) is 0. The van der Waals surface area contributed by atoms with Gasteiger partial charge in [0.25, 0.3) is 11.8 Å². The molecule has 21 heavy (non-hydrogen) atoms. The van der Waals surface area contributed by atoms with Crippen LogP contribution in [0.2, 0.25) is 0 Å². The van der Waals surface area contributed by atoms with Gasteiger partial charge in [-0.1, -0.05) is 11.6 Å². The van der Waals surface area contributed by atoms with E-state index in [1.54, 1.807) is 12.1 Å². The van der Waals surface area contributed by atoms with E-state index in [2.05, 4.69) is 5.32 Å². The molecule has 104 valence electrons. The molecule has 0 aliphatic carbocycles. The first-order chi connectivity index (χ1) is 10.1. The number of hydrogen-bond acceptors (Lipinski definition) is 2. The second kappa shape index (κ2) is 3.91. The van der Waals surface area contributed by atoms with Crippen molar-refractivity contribution in [3.63, 3.8) is 0 Å². The van der Waals surface area contributed by atoms with E-state index in [1.807, 2.05) is 13.0 Å². The molecule has 0 spiro atoms. The second-order valence-corrected chi connectivity index (χ2v) is 5.30. The minimum atomic E-state index is -0.633. The van der Waals surface area contributed by atoms with Gasteiger partial charge < -0.3 is 5.32 Å². The standard InChI is InChI=1S/C16H11FN2O2/c1-8-2-5-13-12(6-8)15(20)18-14-11-7-9(17)3-4-10(11)16(21)19(13)14/h2-7,14H,1H3,(H,18,20). The van der Waals surface area contributed by atoms with Crippen molar-refractivity contribution in [1.82, 2.24) is 5.32 Å². The molecule has 2 aliphatic rings. The lowest BCUT2D eigenvalue weighted by molar-refractivity contribution is 0.0912. The monoisotopic (exact) mass is 282 g/mol. The fourth-order valence-corrected chi connectivity index (χ4v) is 2.98. The number of hydrogen-bond donors (Lipinski definition) is 1. The summed E-state index contributed by atoms with van der Waals surface area (Å²) in [5.74, 6) is -0.896. The van der Waals surface area contributed by atoms with E-state index >= 15 is 0 Å². The van der Waals surface area contributed by atoms with Gasteiger partial charge in [0, 0.05) is 11.1 Å². The van der Waals surface area contributed by atoms with Crippen molar-refractivity contribution in [2.75, 3.05) is 4.90 Å². The highest BCUT2D eigenvalue weighted by atomic mass is 19.1. The van der Waals surface area contributed by atoms with E-state index < -0.39 is 12.0 Å². The lowest BCUT2D eigenvalue weighted by atomic mass is 10.0. The number of benzene rings is 2. The van der Waals surface area contributed by atoms with Crippen LogP contribution in [-0.2, 0) is 0 Å². The smallest absolute Gasteiger partial charge is 0.260 e. The number of rotatable bonds is 0. The second-order valence-electron chi connectivity index (χ2n) is 5.30. The summed E-state index contributed by atoms with van der Waals surface area (Å²) < 4.78 is 13.5. The average Bonchev–Trinajstić information content (AvgIpc) is 2.72. The lowest BCUT2D eigenvalue weighted by Gasteiger charge is -2.32. The number of fused-ring (bicyclic) bond motifs is 5. The summed E-state index contributed by atoms with van der Waals surface area (Å²) in [5, 5.41) is 2.78. The van der Waals surface area contributed by atoms with E-state index in [4.69, 9.17) is 0 Å². The van der Waals surface area contributed by atoms with Crippen LogP contribution in [-0.4, -0.2) is 11.8 Å². The zero-order valence-electron chi connectivity index (χ0n) is 11.2. The Morgan fingerprint density at radius 1 is 1.10 bits per heavy atom. The van der Waals surface area contributed by atoms with Crippen molar-refractivity contribution in [2.45, 2.75) is 13.1 Å². The van der Waals surface area contributed by atoms with E-state index in [1.165, 1.54) is 23.1 Å². The number of halogens is 1. The summed E-state index contributed by atoms with van der Waals surface area (Å²) in [6, 6.07) is 9.38. The molecule has 0 saturated heterocycles. The third-order valence-electron chi connectivity index (χ3n) is 3.94. The van der Waals surface area contributed by atoms with Gasteiger partial charge in [0.05, 0.1) is 11.3 Å². The SMILES string of the molecule is Cc1ccc2c(c1)C(=O)NC1c3cc(F)ccc3C(=O)N21. The molecule has 4 nitrogen and oxygen atoms in total. The van der Waals surface area contributed by atoms with Gasteiger partial charge in [0.1, 0.15) is 12.0 Å². The van der Waals surface area contributed by atoms with Crippen LogP contribution in [0.25, 0.3) is 0 Å². The van der Waals surface area contributed by atoms with Crippen molar-refractivity contribution in [3.8, 4) is 0 Å². The molecule has 2 amide bonds. The molecule has 0 fully saturated rings. The summed E-state index contributed by atoms with van der Waals surface area (Å²) >= 11 is 0. The molecule has 2 aliphatic heterocycles. The summed E-state index contributed by atoms with van der Waals surface area (Å²) in [5.41, 5.74) is 2.90. The maximum absolute atomic E-state index is 13.5. The highest BCUT2D eigenvalue weighted by molar-refractivity contribution is 6.16. The minimum absolute atomic E-state index is 0.222. The predicted molar refractivity (Wildman–Crippen MR) is 74.6 cm³/mol. The van der Waals surface area contributed by atoms with Gasteiger partial charge >= 0.3 is 0 Å². The van der Waals surface area contributed by atoms with Crippen molar-refractivity contribution >= 4 is 17.5 Å². The summed E-state index contributed by atoms with van der Waals surface area (Å²) in [6.45, 7) is 1.88. The van der Waals surface area contributed by atoms with Gasteiger partial charge in [-0.2, -0.15) is 0 Å². The van der Waals surface area contributed by atoms with E-state index in [0.717, 1.165) is 5.56 Å². The van der Waals surface area contributed by atoms with Crippen LogP contribution >= 0.6 is 0 Å². The Bertz CT molecular complexity index is 816. The first kappa shape index (κ1) is 12.1. The number of carbonyl (C=O) groups excluding carboxylic acids is 2. The van der Waals surface area contributed by atoms with Crippen LogP contribution in [0.5, 0.6) is 0 Å². The topological polar surface area (TPSA) is 49.4 Å². The highest BCUT2D eigenvalue weighted by Crippen LogP contribution is 2.40. The number of amides is 2. The minimum Gasteiger partial charge on any atom is -0.327 e.